The Kier molecular flexibility index (Phi) is 3.43. The minimum Gasteiger partial charge on any atom is -0.497 e. The number of aryl methyl sites for hydroxylation is 1. The van der Waals surface area contributed by atoms with Gasteiger partial charge in [0.25, 0.3) is 0 Å². The summed E-state index contributed by atoms with van der Waals surface area (Å²) in [5.41, 5.74) is 3.02. The molecule has 3 unspecified atom stereocenters. The average Bonchev–Trinajstić information content (AvgIpc) is 3.08. The molecular weight excluding hydrogens is 260 g/mol. The largest absolute Gasteiger partial charge is 0.497 e. The molecule has 0 amide bonds. The maximum Gasteiger partial charge on any atom is 0.119 e. The standard InChI is InChI=1S/C18H26N2O/c1-20(15-9-13-5-6-14(10-15)19-13)18-8-4-12-3-7-16(21-2)11-17(12)18/h3,7,11,13-15,18-19H,4-6,8-10H2,1-2H3. The highest BCUT2D eigenvalue weighted by molar-refractivity contribution is 5.41. The average molecular weight is 286 g/mol. The Hall–Kier alpha value is -1.06. The van der Waals surface area contributed by atoms with Crippen LogP contribution in [0, 0.1) is 0 Å². The predicted octanol–water partition coefficient (Wildman–Crippen LogP) is 2.90. The summed E-state index contributed by atoms with van der Waals surface area (Å²) in [5.74, 6) is 0.999. The van der Waals surface area contributed by atoms with E-state index in [-0.39, 0.29) is 0 Å². The molecule has 0 spiro atoms. The Labute approximate surface area is 127 Å². The number of methoxy groups -OCH3 is 1. The van der Waals surface area contributed by atoms with Crippen molar-refractivity contribution in [1.29, 1.82) is 0 Å². The Balaban J connectivity index is 1.55. The monoisotopic (exact) mass is 286 g/mol. The van der Waals surface area contributed by atoms with E-state index in [1.807, 2.05) is 0 Å². The fourth-order valence-electron chi connectivity index (χ4n) is 4.72. The van der Waals surface area contributed by atoms with Crippen LogP contribution in [0.15, 0.2) is 18.2 Å². The van der Waals surface area contributed by atoms with Gasteiger partial charge in [-0.05, 0) is 68.8 Å². The molecule has 3 heteroatoms. The van der Waals surface area contributed by atoms with E-state index in [0.29, 0.717) is 6.04 Å². The van der Waals surface area contributed by atoms with Crippen molar-refractivity contribution < 1.29 is 4.74 Å². The highest BCUT2D eigenvalue weighted by Gasteiger charge is 2.38. The molecule has 0 aromatic heterocycles. The van der Waals surface area contributed by atoms with Crippen molar-refractivity contribution in [2.24, 2.45) is 0 Å². The van der Waals surface area contributed by atoms with Gasteiger partial charge >= 0.3 is 0 Å². The van der Waals surface area contributed by atoms with E-state index in [1.54, 1.807) is 7.11 Å². The lowest BCUT2D eigenvalue weighted by Crippen LogP contribution is -2.47. The predicted molar refractivity (Wildman–Crippen MR) is 84.8 cm³/mol. The molecule has 1 aromatic carbocycles. The van der Waals surface area contributed by atoms with Crippen LogP contribution in [0.25, 0.3) is 0 Å². The third kappa shape index (κ3) is 2.36. The summed E-state index contributed by atoms with van der Waals surface area (Å²) in [6, 6.07) is 9.48. The number of fused-ring (bicyclic) bond motifs is 3. The van der Waals surface area contributed by atoms with Gasteiger partial charge in [-0.25, -0.2) is 0 Å². The third-order valence-corrected chi connectivity index (χ3v) is 5.91. The van der Waals surface area contributed by atoms with E-state index in [2.05, 4.69) is 35.5 Å². The molecule has 3 atom stereocenters. The van der Waals surface area contributed by atoms with Gasteiger partial charge in [0.1, 0.15) is 5.75 Å². The topological polar surface area (TPSA) is 24.5 Å². The van der Waals surface area contributed by atoms with Crippen molar-refractivity contribution in [1.82, 2.24) is 10.2 Å². The van der Waals surface area contributed by atoms with Gasteiger partial charge in [0.15, 0.2) is 0 Å². The lowest BCUT2D eigenvalue weighted by Gasteiger charge is -2.39. The number of piperidine rings is 1. The highest BCUT2D eigenvalue weighted by Crippen LogP contribution is 2.40. The zero-order valence-electron chi connectivity index (χ0n) is 13.1. The number of hydrogen-bond acceptors (Lipinski definition) is 3. The van der Waals surface area contributed by atoms with E-state index in [9.17, 15) is 0 Å². The van der Waals surface area contributed by atoms with Crippen LogP contribution in [0.4, 0.5) is 0 Å². The molecule has 2 saturated heterocycles. The number of hydrogen-bond donors (Lipinski definition) is 1. The van der Waals surface area contributed by atoms with Gasteiger partial charge < -0.3 is 10.1 Å². The summed E-state index contributed by atoms with van der Waals surface area (Å²) in [4.78, 5) is 2.66. The zero-order chi connectivity index (χ0) is 14.4. The number of nitrogens with one attached hydrogen (secondary N) is 1. The van der Waals surface area contributed by atoms with E-state index < -0.39 is 0 Å². The van der Waals surface area contributed by atoms with Gasteiger partial charge in [0.05, 0.1) is 7.11 Å². The lowest BCUT2D eigenvalue weighted by molar-refractivity contribution is 0.124. The first-order valence-electron chi connectivity index (χ1n) is 8.39. The van der Waals surface area contributed by atoms with Gasteiger partial charge in [-0.2, -0.15) is 0 Å². The minimum atomic E-state index is 0.581. The Bertz CT molecular complexity index is 518. The Morgan fingerprint density at radius 1 is 1.14 bits per heavy atom. The highest BCUT2D eigenvalue weighted by atomic mass is 16.5. The zero-order valence-corrected chi connectivity index (χ0v) is 13.1. The van der Waals surface area contributed by atoms with E-state index in [0.717, 1.165) is 23.9 Å². The summed E-state index contributed by atoms with van der Waals surface area (Å²) in [7, 11) is 4.11. The quantitative estimate of drug-likeness (QED) is 0.924. The molecule has 2 bridgehead atoms. The van der Waals surface area contributed by atoms with Crippen molar-refractivity contribution in [3.63, 3.8) is 0 Å². The molecule has 0 radical (unpaired) electrons. The van der Waals surface area contributed by atoms with Gasteiger partial charge in [0.2, 0.25) is 0 Å². The molecule has 21 heavy (non-hydrogen) atoms. The fraction of sp³-hybridized carbons (Fsp3) is 0.667. The molecule has 114 valence electrons. The molecular formula is C18H26N2O. The van der Waals surface area contributed by atoms with Crippen LogP contribution in [-0.4, -0.2) is 37.2 Å². The molecule has 3 aliphatic rings. The molecule has 2 aliphatic heterocycles. The molecule has 0 saturated carbocycles. The third-order valence-electron chi connectivity index (χ3n) is 5.91. The van der Waals surface area contributed by atoms with E-state index >= 15 is 0 Å². The van der Waals surface area contributed by atoms with Gasteiger partial charge in [-0.15, -0.1) is 0 Å². The maximum absolute atomic E-state index is 5.43. The van der Waals surface area contributed by atoms with Crippen LogP contribution in [0.1, 0.15) is 49.3 Å². The summed E-state index contributed by atoms with van der Waals surface area (Å²) in [5, 5.41) is 3.76. The van der Waals surface area contributed by atoms with Crippen LogP contribution in [0.3, 0.4) is 0 Å². The van der Waals surface area contributed by atoms with Crippen LogP contribution in [0.2, 0.25) is 0 Å². The second kappa shape index (κ2) is 5.29. The molecule has 1 aliphatic carbocycles. The minimum absolute atomic E-state index is 0.581. The molecule has 2 heterocycles. The van der Waals surface area contributed by atoms with E-state index in [1.165, 1.54) is 49.7 Å². The lowest BCUT2D eigenvalue weighted by atomic mass is 9.96. The van der Waals surface area contributed by atoms with Crippen molar-refractivity contribution in [3.8, 4) is 5.75 Å². The van der Waals surface area contributed by atoms with Crippen LogP contribution < -0.4 is 10.1 Å². The van der Waals surface area contributed by atoms with Crippen molar-refractivity contribution >= 4 is 0 Å². The summed E-state index contributed by atoms with van der Waals surface area (Å²) in [6.45, 7) is 0. The summed E-state index contributed by atoms with van der Waals surface area (Å²) >= 11 is 0. The molecule has 1 N–H and O–H groups in total. The van der Waals surface area contributed by atoms with E-state index in [4.69, 9.17) is 4.74 Å². The van der Waals surface area contributed by atoms with Crippen LogP contribution >= 0.6 is 0 Å². The van der Waals surface area contributed by atoms with Gasteiger partial charge in [-0.3, -0.25) is 4.90 Å². The molecule has 2 fully saturated rings. The first kappa shape index (κ1) is 13.6. The normalized spacial score (nSPS) is 34.2. The van der Waals surface area contributed by atoms with Gasteiger partial charge in [0, 0.05) is 24.2 Å². The van der Waals surface area contributed by atoms with Crippen molar-refractivity contribution in [2.45, 2.75) is 62.7 Å². The van der Waals surface area contributed by atoms with Crippen molar-refractivity contribution in [3.05, 3.63) is 29.3 Å². The number of nitrogens with zero attached hydrogens (tertiary/aromatic N) is 1. The number of rotatable bonds is 3. The SMILES string of the molecule is COc1ccc2c(c1)C(N(C)C1CC3CCC(C1)N3)CC2. The fourth-order valence-corrected chi connectivity index (χ4v) is 4.72. The molecule has 4 rings (SSSR count). The summed E-state index contributed by atoms with van der Waals surface area (Å²) < 4.78 is 5.43. The first-order chi connectivity index (χ1) is 10.2. The van der Waals surface area contributed by atoms with Gasteiger partial charge in [-0.1, -0.05) is 6.07 Å². The smallest absolute Gasteiger partial charge is 0.119 e. The molecule has 1 aromatic rings. The first-order valence-corrected chi connectivity index (χ1v) is 8.39. The van der Waals surface area contributed by atoms with Crippen LogP contribution in [-0.2, 0) is 6.42 Å². The molecule has 3 nitrogen and oxygen atoms in total. The number of ether oxygens (including phenoxy) is 1. The van der Waals surface area contributed by atoms with Crippen LogP contribution in [0.5, 0.6) is 5.75 Å². The maximum atomic E-state index is 5.43. The van der Waals surface area contributed by atoms with Crippen molar-refractivity contribution in [2.75, 3.05) is 14.2 Å². The number of benzene rings is 1. The summed E-state index contributed by atoms with van der Waals surface area (Å²) in [6.07, 6.45) is 7.88. The second-order valence-corrected chi connectivity index (χ2v) is 7.05. The second-order valence-electron chi connectivity index (χ2n) is 7.05. The Morgan fingerprint density at radius 2 is 1.90 bits per heavy atom. The Morgan fingerprint density at radius 3 is 2.62 bits per heavy atom.